The summed E-state index contributed by atoms with van der Waals surface area (Å²) in [4.78, 5) is 14.9. The zero-order chi connectivity index (χ0) is 17.6. The number of benzene rings is 2. The van der Waals surface area contributed by atoms with Crippen molar-refractivity contribution in [2.24, 2.45) is 0 Å². The lowest BCUT2D eigenvalue weighted by Crippen LogP contribution is -2.36. The first-order valence-electron chi connectivity index (χ1n) is 8.59. The highest BCUT2D eigenvalue weighted by Gasteiger charge is 2.23. The van der Waals surface area contributed by atoms with E-state index in [1.54, 1.807) is 0 Å². The van der Waals surface area contributed by atoms with Crippen molar-refractivity contribution in [1.82, 2.24) is 0 Å². The van der Waals surface area contributed by atoms with E-state index in [4.69, 9.17) is 4.74 Å². The van der Waals surface area contributed by atoms with E-state index in [0.717, 1.165) is 42.9 Å². The molecule has 25 heavy (non-hydrogen) atoms. The summed E-state index contributed by atoms with van der Waals surface area (Å²) in [5.74, 6) is -0.196. The van der Waals surface area contributed by atoms with Gasteiger partial charge in [0.2, 0.25) is 0 Å². The molecule has 1 amide bonds. The fourth-order valence-corrected chi connectivity index (χ4v) is 3.18. The number of hydrogen-bond donors (Lipinski definition) is 2. The molecule has 0 bridgehead atoms. The zero-order valence-corrected chi connectivity index (χ0v) is 14.4. The molecular formula is C20H24N2O3. The predicted molar refractivity (Wildman–Crippen MR) is 98.7 cm³/mol. The van der Waals surface area contributed by atoms with Gasteiger partial charge in [-0.25, -0.2) is 0 Å². The maximum absolute atomic E-state index is 12.7. The SMILES string of the molecule is COC(C(=O)Nc1ccccc1N1CCC(O)CC1)c1ccccc1. The molecule has 0 saturated carbocycles. The summed E-state index contributed by atoms with van der Waals surface area (Å²) < 4.78 is 5.41. The Morgan fingerprint density at radius 3 is 2.44 bits per heavy atom. The number of piperidine rings is 1. The van der Waals surface area contributed by atoms with Gasteiger partial charge in [0, 0.05) is 20.2 Å². The van der Waals surface area contributed by atoms with Crippen LogP contribution in [-0.4, -0.2) is 37.3 Å². The van der Waals surface area contributed by atoms with Gasteiger partial charge >= 0.3 is 0 Å². The third kappa shape index (κ3) is 4.18. The number of carbonyl (C=O) groups excluding carboxylic acids is 1. The maximum atomic E-state index is 12.7. The lowest BCUT2D eigenvalue weighted by Gasteiger charge is -2.33. The Labute approximate surface area is 148 Å². The Hall–Kier alpha value is -2.37. The van der Waals surface area contributed by atoms with Crippen LogP contribution >= 0.6 is 0 Å². The summed E-state index contributed by atoms with van der Waals surface area (Å²) in [7, 11) is 1.54. The first-order valence-corrected chi connectivity index (χ1v) is 8.59. The maximum Gasteiger partial charge on any atom is 0.258 e. The van der Waals surface area contributed by atoms with Crippen LogP contribution in [-0.2, 0) is 9.53 Å². The van der Waals surface area contributed by atoms with Crippen LogP contribution in [0.4, 0.5) is 11.4 Å². The van der Waals surface area contributed by atoms with Crippen molar-refractivity contribution in [2.75, 3.05) is 30.4 Å². The molecule has 2 aromatic rings. The lowest BCUT2D eigenvalue weighted by atomic mass is 10.1. The smallest absolute Gasteiger partial charge is 0.258 e. The van der Waals surface area contributed by atoms with Crippen LogP contribution in [0.2, 0.25) is 0 Å². The van der Waals surface area contributed by atoms with Gasteiger partial charge in [0.05, 0.1) is 17.5 Å². The van der Waals surface area contributed by atoms with Gasteiger partial charge in [-0.15, -0.1) is 0 Å². The molecule has 1 atom stereocenters. The van der Waals surface area contributed by atoms with Gasteiger partial charge in [-0.2, -0.15) is 0 Å². The van der Waals surface area contributed by atoms with Crippen LogP contribution < -0.4 is 10.2 Å². The predicted octanol–water partition coefficient (Wildman–Crippen LogP) is 2.97. The Morgan fingerprint density at radius 1 is 1.12 bits per heavy atom. The molecule has 0 aliphatic carbocycles. The summed E-state index contributed by atoms with van der Waals surface area (Å²) in [6, 6.07) is 17.2. The summed E-state index contributed by atoms with van der Waals surface area (Å²) in [5, 5.41) is 12.7. The first-order chi connectivity index (χ1) is 12.2. The molecule has 5 nitrogen and oxygen atoms in total. The highest BCUT2D eigenvalue weighted by molar-refractivity contribution is 5.97. The van der Waals surface area contributed by atoms with Crippen molar-refractivity contribution < 1.29 is 14.6 Å². The number of ether oxygens (including phenoxy) is 1. The van der Waals surface area contributed by atoms with E-state index in [1.165, 1.54) is 7.11 Å². The normalized spacial score (nSPS) is 16.5. The van der Waals surface area contributed by atoms with E-state index in [-0.39, 0.29) is 12.0 Å². The summed E-state index contributed by atoms with van der Waals surface area (Å²) in [6.45, 7) is 1.56. The van der Waals surface area contributed by atoms with Crippen LogP contribution in [0.3, 0.4) is 0 Å². The number of rotatable bonds is 5. The molecule has 0 aromatic heterocycles. The molecule has 132 valence electrons. The Morgan fingerprint density at radius 2 is 1.76 bits per heavy atom. The van der Waals surface area contributed by atoms with E-state index < -0.39 is 6.10 Å². The number of nitrogens with zero attached hydrogens (tertiary/aromatic N) is 1. The molecule has 2 N–H and O–H groups in total. The number of para-hydroxylation sites is 2. The number of aliphatic hydroxyl groups is 1. The van der Waals surface area contributed by atoms with E-state index >= 15 is 0 Å². The number of nitrogens with one attached hydrogen (secondary N) is 1. The second-order valence-electron chi connectivity index (χ2n) is 6.25. The molecule has 1 heterocycles. The topological polar surface area (TPSA) is 61.8 Å². The third-order valence-electron chi connectivity index (χ3n) is 4.54. The number of aliphatic hydroxyl groups excluding tert-OH is 1. The van der Waals surface area contributed by atoms with Crippen molar-refractivity contribution in [2.45, 2.75) is 25.0 Å². The first kappa shape index (κ1) is 17.5. The summed E-state index contributed by atoms with van der Waals surface area (Å²) in [5.41, 5.74) is 2.56. The van der Waals surface area contributed by atoms with Gasteiger partial charge in [-0.3, -0.25) is 4.79 Å². The minimum Gasteiger partial charge on any atom is -0.393 e. The van der Waals surface area contributed by atoms with Gasteiger partial charge in [0.1, 0.15) is 0 Å². The quantitative estimate of drug-likeness (QED) is 0.878. The molecule has 5 heteroatoms. The average molecular weight is 340 g/mol. The fraction of sp³-hybridized carbons (Fsp3) is 0.350. The van der Waals surface area contributed by atoms with Gasteiger partial charge < -0.3 is 20.1 Å². The van der Waals surface area contributed by atoms with Crippen LogP contribution in [0.1, 0.15) is 24.5 Å². The van der Waals surface area contributed by atoms with E-state index in [2.05, 4.69) is 10.2 Å². The van der Waals surface area contributed by atoms with Crippen LogP contribution in [0.25, 0.3) is 0 Å². The van der Waals surface area contributed by atoms with Crippen molar-refractivity contribution >= 4 is 17.3 Å². The van der Waals surface area contributed by atoms with Gasteiger partial charge in [0.15, 0.2) is 6.10 Å². The van der Waals surface area contributed by atoms with Crippen molar-refractivity contribution in [1.29, 1.82) is 0 Å². The summed E-state index contributed by atoms with van der Waals surface area (Å²) >= 11 is 0. The van der Waals surface area contributed by atoms with Crippen molar-refractivity contribution in [3.63, 3.8) is 0 Å². The number of methoxy groups -OCH3 is 1. The highest BCUT2D eigenvalue weighted by atomic mass is 16.5. The van der Waals surface area contributed by atoms with Crippen molar-refractivity contribution in [3.8, 4) is 0 Å². The molecule has 1 saturated heterocycles. The van der Waals surface area contributed by atoms with Crippen LogP contribution in [0.5, 0.6) is 0 Å². The largest absolute Gasteiger partial charge is 0.393 e. The van der Waals surface area contributed by atoms with E-state index in [1.807, 2.05) is 54.6 Å². The molecule has 3 rings (SSSR count). The number of anilines is 2. The molecule has 2 aromatic carbocycles. The van der Waals surface area contributed by atoms with Gasteiger partial charge in [-0.1, -0.05) is 42.5 Å². The summed E-state index contributed by atoms with van der Waals surface area (Å²) in [6.07, 6.45) is 0.603. The second-order valence-corrected chi connectivity index (χ2v) is 6.25. The van der Waals surface area contributed by atoms with E-state index in [9.17, 15) is 9.90 Å². The molecule has 0 spiro atoms. The van der Waals surface area contributed by atoms with Gasteiger partial charge in [-0.05, 0) is 30.5 Å². The molecular weight excluding hydrogens is 316 g/mol. The lowest BCUT2D eigenvalue weighted by molar-refractivity contribution is -0.126. The minimum atomic E-state index is -0.655. The molecule has 1 aliphatic rings. The standard InChI is InChI=1S/C20H24N2O3/c1-25-19(15-7-3-2-4-8-15)20(24)21-17-9-5-6-10-18(17)22-13-11-16(23)12-14-22/h2-10,16,19,23H,11-14H2,1H3,(H,21,24). The molecule has 1 fully saturated rings. The third-order valence-corrected chi connectivity index (χ3v) is 4.54. The average Bonchev–Trinajstić information content (AvgIpc) is 2.64. The molecule has 1 aliphatic heterocycles. The van der Waals surface area contributed by atoms with Crippen molar-refractivity contribution in [3.05, 3.63) is 60.2 Å². The monoisotopic (exact) mass is 340 g/mol. The van der Waals surface area contributed by atoms with Crippen LogP contribution in [0, 0.1) is 0 Å². The Balaban J connectivity index is 1.77. The zero-order valence-electron chi connectivity index (χ0n) is 14.4. The van der Waals surface area contributed by atoms with Crippen LogP contribution in [0.15, 0.2) is 54.6 Å². The van der Waals surface area contributed by atoms with E-state index in [0.29, 0.717) is 0 Å². The number of hydrogen-bond acceptors (Lipinski definition) is 4. The fourth-order valence-electron chi connectivity index (χ4n) is 3.18. The molecule has 1 unspecified atom stereocenters. The number of carbonyl (C=O) groups is 1. The Kier molecular flexibility index (Phi) is 5.68. The number of amides is 1. The second kappa shape index (κ2) is 8.14. The minimum absolute atomic E-state index is 0.196. The Bertz CT molecular complexity index is 697. The van der Waals surface area contributed by atoms with Gasteiger partial charge in [0.25, 0.3) is 5.91 Å². The molecule has 0 radical (unpaired) electrons. The highest BCUT2D eigenvalue weighted by Crippen LogP contribution is 2.29.